The fraction of sp³-hybridized carbons (Fsp3) is 0.333. The van der Waals surface area contributed by atoms with Gasteiger partial charge in [0.05, 0.1) is 11.7 Å². The number of pyridine rings is 1. The highest BCUT2D eigenvalue weighted by molar-refractivity contribution is 7.89. The third kappa shape index (κ3) is 9.75. The van der Waals surface area contributed by atoms with Gasteiger partial charge in [0.15, 0.2) is 5.03 Å². The fourth-order valence-corrected chi connectivity index (χ4v) is 4.41. The summed E-state index contributed by atoms with van der Waals surface area (Å²) in [5.74, 6) is -0.717. The number of aromatic nitrogens is 1. The molecular formula is C24H31BN3O6S. The lowest BCUT2D eigenvalue weighted by molar-refractivity contribution is -0.139. The van der Waals surface area contributed by atoms with Crippen LogP contribution in [-0.2, 0) is 25.9 Å². The van der Waals surface area contributed by atoms with Crippen molar-refractivity contribution < 1.29 is 28.0 Å². The molecule has 0 aliphatic rings. The van der Waals surface area contributed by atoms with E-state index in [-0.39, 0.29) is 17.7 Å². The third-order valence-corrected chi connectivity index (χ3v) is 6.32. The Morgan fingerprint density at radius 3 is 2.37 bits per heavy atom. The average molecular weight is 500 g/mol. The quantitative estimate of drug-likeness (QED) is 0.232. The summed E-state index contributed by atoms with van der Waals surface area (Å²) in [5, 5.41) is 18.1. The highest BCUT2D eigenvalue weighted by atomic mass is 32.2. The Kier molecular flexibility index (Phi) is 11.3. The molecule has 35 heavy (non-hydrogen) atoms. The average Bonchev–Trinajstić information content (AvgIpc) is 2.82. The Balaban J connectivity index is 0.000000410. The summed E-state index contributed by atoms with van der Waals surface area (Å²) in [4.78, 5) is 15.6. The number of nitrogens with zero attached hydrogens (tertiary/aromatic N) is 1. The van der Waals surface area contributed by atoms with Gasteiger partial charge in [0.25, 0.3) is 10.0 Å². The molecule has 0 aliphatic carbocycles. The van der Waals surface area contributed by atoms with Gasteiger partial charge in [-0.1, -0.05) is 62.4 Å². The molecule has 187 valence electrons. The monoisotopic (exact) mass is 500 g/mol. The summed E-state index contributed by atoms with van der Waals surface area (Å²) in [6.07, 6.45) is 0.990. The van der Waals surface area contributed by atoms with Crippen molar-refractivity contribution in [1.82, 2.24) is 9.71 Å². The number of sulfonamides is 1. The van der Waals surface area contributed by atoms with E-state index >= 15 is 0 Å². The zero-order valence-corrected chi connectivity index (χ0v) is 20.6. The molecule has 1 heterocycles. The van der Waals surface area contributed by atoms with Crippen LogP contribution in [0.15, 0.2) is 71.8 Å². The molecule has 0 spiro atoms. The smallest absolute Gasteiger partial charge is 0.480 e. The molecule has 0 aliphatic heterocycles. The maximum absolute atomic E-state index is 12.6. The van der Waals surface area contributed by atoms with Gasteiger partial charge in [0, 0.05) is 5.39 Å². The number of aryl methyl sites for hydroxylation is 1. The SMILES string of the molecule is CC(C)C[C@H](N)O[B]O.O=C(O)[C@H](CCc1ccccc1)NS(=O)(=O)c1ccc2ccccc2n1. The van der Waals surface area contributed by atoms with Crippen molar-refractivity contribution in [3.63, 3.8) is 0 Å². The number of fused-ring (bicyclic) bond motifs is 1. The van der Waals surface area contributed by atoms with E-state index in [1.54, 1.807) is 18.2 Å². The van der Waals surface area contributed by atoms with Crippen molar-refractivity contribution in [3.8, 4) is 0 Å². The molecule has 3 rings (SSSR count). The van der Waals surface area contributed by atoms with Crippen LogP contribution in [-0.4, -0.2) is 49.5 Å². The van der Waals surface area contributed by atoms with E-state index in [9.17, 15) is 18.3 Å². The first-order chi connectivity index (χ1) is 16.6. The number of aliphatic carboxylic acids is 1. The second-order valence-electron chi connectivity index (χ2n) is 8.29. The second-order valence-corrected chi connectivity index (χ2v) is 9.95. The van der Waals surface area contributed by atoms with Crippen molar-refractivity contribution in [2.75, 3.05) is 0 Å². The molecule has 3 aromatic rings. The summed E-state index contributed by atoms with van der Waals surface area (Å²) in [7, 11) is -3.41. The van der Waals surface area contributed by atoms with E-state index < -0.39 is 22.0 Å². The van der Waals surface area contributed by atoms with Gasteiger partial charge in [-0.25, -0.2) is 13.4 Å². The maximum Gasteiger partial charge on any atom is 0.486 e. The van der Waals surface area contributed by atoms with Crippen LogP contribution in [0.25, 0.3) is 10.9 Å². The Hall–Kier alpha value is -2.83. The van der Waals surface area contributed by atoms with Gasteiger partial charge in [-0.3, -0.25) is 4.79 Å². The fourth-order valence-electron chi connectivity index (χ4n) is 3.23. The number of para-hydroxylation sites is 1. The van der Waals surface area contributed by atoms with Crippen LogP contribution < -0.4 is 10.5 Å². The number of nitrogens with one attached hydrogen (secondary N) is 1. The number of rotatable bonds is 11. The van der Waals surface area contributed by atoms with E-state index in [0.29, 0.717) is 25.5 Å². The predicted molar refractivity (Wildman–Crippen MR) is 135 cm³/mol. The molecule has 0 unspecified atom stereocenters. The number of benzene rings is 2. The van der Waals surface area contributed by atoms with Crippen molar-refractivity contribution in [2.45, 2.75) is 50.4 Å². The molecule has 2 aromatic carbocycles. The number of hydrogen-bond donors (Lipinski definition) is 4. The van der Waals surface area contributed by atoms with Crippen LogP contribution in [0.1, 0.15) is 32.3 Å². The molecule has 0 saturated heterocycles. The van der Waals surface area contributed by atoms with Crippen LogP contribution in [0.3, 0.4) is 0 Å². The molecule has 0 amide bonds. The first kappa shape index (κ1) is 28.4. The van der Waals surface area contributed by atoms with Gasteiger partial charge >= 0.3 is 13.7 Å². The summed E-state index contributed by atoms with van der Waals surface area (Å²) >= 11 is 0. The highest BCUT2D eigenvalue weighted by Crippen LogP contribution is 2.16. The summed E-state index contributed by atoms with van der Waals surface area (Å²) in [5.41, 5.74) is 6.85. The topological polar surface area (TPSA) is 152 Å². The molecule has 0 saturated carbocycles. The zero-order valence-electron chi connectivity index (χ0n) is 19.7. The van der Waals surface area contributed by atoms with Gasteiger partial charge in [0.1, 0.15) is 6.04 Å². The molecule has 0 bridgehead atoms. The van der Waals surface area contributed by atoms with Gasteiger partial charge in [0.2, 0.25) is 0 Å². The van der Waals surface area contributed by atoms with Crippen LogP contribution in [0, 0.1) is 5.92 Å². The summed E-state index contributed by atoms with van der Waals surface area (Å²) < 4.78 is 31.9. The van der Waals surface area contributed by atoms with Gasteiger partial charge < -0.3 is 20.5 Å². The van der Waals surface area contributed by atoms with Crippen molar-refractivity contribution in [2.24, 2.45) is 11.7 Å². The minimum absolute atomic E-state index is 0.145. The Morgan fingerprint density at radius 1 is 1.09 bits per heavy atom. The van der Waals surface area contributed by atoms with Crippen molar-refractivity contribution in [1.29, 1.82) is 0 Å². The molecule has 11 heteroatoms. The van der Waals surface area contributed by atoms with Crippen LogP contribution in [0.2, 0.25) is 0 Å². The van der Waals surface area contributed by atoms with Crippen LogP contribution >= 0.6 is 0 Å². The van der Waals surface area contributed by atoms with E-state index in [1.807, 2.05) is 56.3 Å². The molecule has 1 radical (unpaired) electrons. The molecular weight excluding hydrogens is 469 g/mol. The first-order valence-electron chi connectivity index (χ1n) is 11.1. The first-order valence-corrected chi connectivity index (χ1v) is 12.6. The van der Waals surface area contributed by atoms with Crippen molar-refractivity contribution in [3.05, 3.63) is 72.3 Å². The molecule has 5 N–H and O–H groups in total. The lowest BCUT2D eigenvalue weighted by Gasteiger charge is -2.14. The van der Waals surface area contributed by atoms with Gasteiger partial charge in [-0.05, 0) is 48.9 Å². The number of hydrogen-bond acceptors (Lipinski definition) is 7. The van der Waals surface area contributed by atoms with E-state index in [4.69, 9.17) is 10.8 Å². The van der Waals surface area contributed by atoms with Crippen molar-refractivity contribution >= 4 is 34.6 Å². The molecule has 9 nitrogen and oxygen atoms in total. The summed E-state index contributed by atoms with van der Waals surface area (Å²) in [6.45, 7) is 4.08. The maximum atomic E-state index is 12.6. The van der Waals surface area contributed by atoms with Crippen LogP contribution in [0.4, 0.5) is 0 Å². The van der Waals surface area contributed by atoms with Gasteiger partial charge in [-0.2, -0.15) is 4.72 Å². The van der Waals surface area contributed by atoms with Gasteiger partial charge in [-0.15, -0.1) is 0 Å². The summed E-state index contributed by atoms with van der Waals surface area (Å²) in [6, 6.07) is 18.3. The molecule has 1 aromatic heterocycles. The lowest BCUT2D eigenvalue weighted by Crippen LogP contribution is -2.41. The Labute approximate surface area is 206 Å². The Bertz CT molecular complexity index is 1180. The predicted octanol–water partition coefficient (Wildman–Crippen LogP) is 2.46. The second kappa shape index (κ2) is 13.9. The van der Waals surface area contributed by atoms with Crippen LogP contribution in [0.5, 0.6) is 0 Å². The standard InChI is InChI=1S/C19H18N2O4S.C5H13BNO2/c22-19(23)17(12-10-14-6-2-1-3-7-14)21-26(24,25)18-13-11-15-8-4-5-9-16(15)20-18;1-4(2)3-5(7)9-6-8/h1-9,11,13,17,21H,10,12H2,(H,22,23);4-5,8H,3,7H2,1-2H3/t17-;5-/m01/s1. The normalized spacial score (nSPS) is 13.1. The number of carboxylic acids is 1. The Morgan fingerprint density at radius 2 is 1.74 bits per heavy atom. The minimum atomic E-state index is -4.04. The largest absolute Gasteiger partial charge is 0.486 e. The van der Waals surface area contributed by atoms with E-state index in [0.717, 1.165) is 17.4 Å². The molecule has 0 fully saturated rings. The highest BCUT2D eigenvalue weighted by Gasteiger charge is 2.26. The van der Waals surface area contributed by atoms with E-state index in [1.165, 1.54) is 6.07 Å². The minimum Gasteiger partial charge on any atom is -0.480 e. The third-order valence-electron chi connectivity index (χ3n) is 4.95. The number of carboxylic acid groups (broad SMARTS) is 1. The lowest BCUT2D eigenvalue weighted by atomic mass is 10.1. The zero-order chi connectivity index (χ0) is 25.8. The molecule has 2 atom stereocenters. The van der Waals surface area contributed by atoms with E-state index in [2.05, 4.69) is 14.4 Å². The number of nitrogens with two attached hydrogens (primary N) is 1. The number of carbonyl (C=O) groups is 1.